The molecule has 0 aliphatic rings. The van der Waals surface area contributed by atoms with Crippen molar-refractivity contribution < 1.29 is 14.3 Å². The van der Waals surface area contributed by atoms with E-state index >= 15 is 0 Å². The number of hydrogen-bond acceptors (Lipinski definition) is 7. The topological polar surface area (TPSA) is 123 Å². The Labute approximate surface area is 194 Å². The quantitative estimate of drug-likeness (QED) is 0.163. The summed E-state index contributed by atoms with van der Waals surface area (Å²) in [7, 11) is -1.53. The van der Waals surface area contributed by atoms with E-state index in [9.17, 15) is 14.3 Å². The summed E-state index contributed by atoms with van der Waals surface area (Å²) in [5.74, 6) is -0.202. The van der Waals surface area contributed by atoms with Gasteiger partial charge in [0, 0.05) is 47.8 Å². The number of halogens is 1. The Morgan fingerprint density at radius 1 is 1.34 bits per heavy atom. The zero-order chi connectivity index (χ0) is 20.5. The van der Waals surface area contributed by atoms with E-state index in [0.29, 0.717) is 4.90 Å². The molecule has 4 N–H and O–H groups in total. The van der Waals surface area contributed by atoms with Gasteiger partial charge in [-0.2, -0.15) is 0 Å². The summed E-state index contributed by atoms with van der Waals surface area (Å²) in [5.41, 5.74) is 6.54. The number of nitrogen functional groups attached to an aromatic ring is 1. The van der Waals surface area contributed by atoms with E-state index in [1.807, 2.05) is 17.8 Å². The number of pyridine rings is 1. The van der Waals surface area contributed by atoms with Gasteiger partial charge >= 0.3 is 0 Å². The number of benzene rings is 1. The van der Waals surface area contributed by atoms with Gasteiger partial charge in [-0.3, -0.25) is 9.36 Å². The first-order valence-corrected chi connectivity index (χ1v) is 11.4. The van der Waals surface area contributed by atoms with Crippen LogP contribution in [0.4, 0.5) is 11.5 Å². The van der Waals surface area contributed by atoms with E-state index in [2.05, 4.69) is 27.9 Å². The van der Waals surface area contributed by atoms with Crippen LogP contribution < -0.4 is 16.4 Å². The van der Waals surface area contributed by atoms with Crippen LogP contribution in [0.15, 0.2) is 57.8 Å². The van der Waals surface area contributed by atoms with Gasteiger partial charge in [0.2, 0.25) is 7.37 Å². The smallest absolute Gasteiger partial charge is 0.258 e. The van der Waals surface area contributed by atoms with Crippen LogP contribution in [0.25, 0.3) is 0 Å². The highest BCUT2D eigenvalue weighted by molar-refractivity contribution is 14.0. The molecule has 1 aromatic carbocycles. The standard InChI is InChI=1S/C17H18N5O3PS2.HI/c1-22-6-5-19-17(22)28-14-7-11(12(18)8-13(14)27)16(23)21-15-4-3-10(9-20-15)26(2,24)25;/h3-9,27H,18H2,1-2H3,(H,24,25)(H,20,21,23);1H. The molecule has 1 unspecified atom stereocenters. The first kappa shape index (κ1) is 23.7. The average Bonchev–Trinajstić information content (AvgIpc) is 3.01. The molecule has 1 atom stereocenters. The summed E-state index contributed by atoms with van der Waals surface area (Å²) in [5, 5.41) is 3.59. The maximum Gasteiger partial charge on any atom is 0.258 e. The number of amides is 1. The fourth-order valence-corrected chi connectivity index (χ4v) is 4.12. The summed E-state index contributed by atoms with van der Waals surface area (Å²) in [6.07, 6.45) is 4.77. The molecule has 0 spiro atoms. The molecule has 12 heteroatoms. The van der Waals surface area contributed by atoms with Crippen molar-refractivity contribution in [3.05, 3.63) is 48.4 Å². The van der Waals surface area contributed by atoms with E-state index in [1.54, 1.807) is 18.3 Å². The van der Waals surface area contributed by atoms with Gasteiger partial charge in [0.05, 0.1) is 10.9 Å². The van der Waals surface area contributed by atoms with E-state index in [0.717, 1.165) is 10.1 Å². The highest BCUT2D eigenvalue weighted by Crippen LogP contribution is 2.35. The average molecular weight is 563 g/mol. The first-order valence-electron chi connectivity index (χ1n) is 8.01. The number of thiol groups is 1. The molecule has 8 nitrogen and oxygen atoms in total. The molecule has 1 amide bonds. The minimum Gasteiger partial charge on any atom is -0.398 e. The fourth-order valence-electron chi connectivity index (χ4n) is 2.30. The molecular formula is C17H19IN5O3PS2. The summed E-state index contributed by atoms with van der Waals surface area (Å²) in [6, 6.07) is 6.17. The third kappa shape index (κ3) is 5.76. The molecule has 3 aromatic rings. The molecule has 0 fully saturated rings. The molecule has 0 aliphatic heterocycles. The van der Waals surface area contributed by atoms with Crippen molar-refractivity contribution in [3.63, 3.8) is 0 Å². The van der Waals surface area contributed by atoms with Crippen LogP contribution in [0.2, 0.25) is 0 Å². The summed E-state index contributed by atoms with van der Waals surface area (Å²) in [4.78, 5) is 31.8. The van der Waals surface area contributed by atoms with Crippen LogP contribution in [0, 0.1) is 0 Å². The van der Waals surface area contributed by atoms with Gasteiger partial charge in [-0.05, 0) is 24.3 Å². The van der Waals surface area contributed by atoms with Crippen molar-refractivity contribution in [2.24, 2.45) is 7.05 Å². The third-order valence-electron chi connectivity index (χ3n) is 3.82. The van der Waals surface area contributed by atoms with Crippen LogP contribution in [0.5, 0.6) is 0 Å². The van der Waals surface area contributed by atoms with Crippen molar-refractivity contribution in [1.82, 2.24) is 14.5 Å². The Morgan fingerprint density at radius 2 is 2.07 bits per heavy atom. The van der Waals surface area contributed by atoms with E-state index in [1.165, 1.54) is 36.8 Å². The monoisotopic (exact) mass is 563 g/mol. The van der Waals surface area contributed by atoms with Gasteiger partial charge in [0.25, 0.3) is 5.91 Å². The summed E-state index contributed by atoms with van der Waals surface area (Å²) >= 11 is 5.80. The van der Waals surface area contributed by atoms with Gasteiger partial charge in [-0.15, -0.1) is 36.6 Å². The van der Waals surface area contributed by atoms with Gasteiger partial charge < -0.3 is 20.5 Å². The largest absolute Gasteiger partial charge is 0.398 e. The van der Waals surface area contributed by atoms with Crippen LogP contribution in [0.3, 0.4) is 0 Å². The molecule has 3 rings (SSSR count). The molecule has 0 saturated carbocycles. The zero-order valence-electron chi connectivity index (χ0n) is 15.4. The molecule has 2 aromatic heterocycles. The Kier molecular flexibility index (Phi) is 7.80. The predicted molar refractivity (Wildman–Crippen MR) is 128 cm³/mol. The van der Waals surface area contributed by atoms with Crippen LogP contribution in [-0.4, -0.2) is 32.0 Å². The van der Waals surface area contributed by atoms with Gasteiger partial charge in [0.1, 0.15) is 5.82 Å². The Hall–Kier alpha value is -1.53. The molecule has 2 heterocycles. The number of carbonyl (C=O) groups is 1. The maximum absolute atomic E-state index is 12.7. The fraction of sp³-hybridized carbons (Fsp3) is 0.118. The predicted octanol–water partition coefficient (Wildman–Crippen LogP) is 3.23. The number of hydrogen-bond donors (Lipinski definition) is 4. The second-order valence-electron chi connectivity index (χ2n) is 6.06. The van der Waals surface area contributed by atoms with E-state index in [-0.39, 0.29) is 46.3 Å². The molecular weight excluding hydrogens is 544 g/mol. The minimum atomic E-state index is -3.40. The lowest BCUT2D eigenvalue weighted by atomic mass is 10.1. The number of nitrogens with zero attached hydrogens (tertiary/aromatic N) is 3. The molecule has 0 radical (unpaired) electrons. The van der Waals surface area contributed by atoms with Gasteiger partial charge in [0.15, 0.2) is 5.16 Å². The normalized spacial score (nSPS) is 12.7. The lowest BCUT2D eigenvalue weighted by Gasteiger charge is -2.12. The highest BCUT2D eigenvalue weighted by Gasteiger charge is 2.17. The Bertz CT molecular complexity index is 1090. The minimum absolute atomic E-state index is 0. The Morgan fingerprint density at radius 3 is 2.62 bits per heavy atom. The van der Waals surface area contributed by atoms with E-state index < -0.39 is 13.3 Å². The second kappa shape index (κ2) is 9.52. The molecule has 29 heavy (non-hydrogen) atoms. The van der Waals surface area contributed by atoms with Gasteiger partial charge in [-0.25, -0.2) is 9.97 Å². The van der Waals surface area contributed by atoms with Gasteiger partial charge in [-0.1, -0.05) is 11.8 Å². The highest BCUT2D eigenvalue weighted by atomic mass is 127. The van der Waals surface area contributed by atoms with Crippen molar-refractivity contribution in [2.45, 2.75) is 14.9 Å². The number of carbonyl (C=O) groups excluding carboxylic acids is 1. The number of imidazole rings is 1. The SMILES string of the molecule is Cn1ccnc1Sc1cc(C(=O)Nc2ccc(P(C)(=O)O)cn2)c(N)cc1S.I. The number of aromatic nitrogens is 3. The molecule has 0 saturated heterocycles. The number of nitrogens with one attached hydrogen (secondary N) is 1. The summed E-state index contributed by atoms with van der Waals surface area (Å²) < 4.78 is 13.5. The van der Waals surface area contributed by atoms with Crippen LogP contribution in [0.1, 0.15) is 10.4 Å². The van der Waals surface area contributed by atoms with Crippen molar-refractivity contribution in [2.75, 3.05) is 17.7 Å². The lowest BCUT2D eigenvalue weighted by Crippen LogP contribution is -2.16. The first-order chi connectivity index (χ1) is 13.1. The number of rotatable bonds is 5. The number of nitrogens with two attached hydrogens (primary N) is 1. The number of anilines is 2. The zero-order valence-corrected chi connectivity index (χ0v) is 20.4. The molecule has 0 bridgehead atoms. The van der Waals surface area contributed by atoms with Crippen LogP contribution in [-0.2, 0) is 11.6 Å². The van der Waals surface area contributed by atoms with E-state index in [4.69, 9.17) is 5.73 Å². The third-order valence-corrected chi connectivity index (χ3v) is 6.70. The lowest BCUT2D eigenvalue weighted by molar-refractivity contribution is 0.102. The maximum atomic E-state index is 12.7. The Balaban J connectivity index is 0.00000300. The summed E-state index contributed by atoms with van der Waals surface area (Å²) in [6.45, 7) is 1.22. The van der Waals surface area contributed by atoms with Crippen molar-refractivity contribution >= 4 is 78.5 Å². The van der Waals surface area contributed by atoms with Crippen LogP contribution >= 0.6 is 55.7 Å². The van der Waals surface area contributed by atoms with Crippen molar-refractivity contribution in [1.29, 1.82) is 0 Å². The molecule has 0 aliphatic carbocycles. The van der Waals surface area contributed by atoms with Crippen molar-refractivity contribution in [3.8, 4) is 0 Å². The molecule has 154 valence electrons. The number of aryl methyl sites for hydroxylation is 1. The second-order valence-corrected chi connectivity index (χ2v) is 9.83.